The number of hydrogen-bond acceptors (Lipinski definition) is 3. The Bertz CT molecular complexity index is 581. The molecule has 1 aliphatic rings. The van der Waals surface area contributed by atoms with E-state index in [0.717, 1.165) is 18.7 Å². The Morgan fingerprint density at radius 2 is 2.22 bits per heavy atom. The molecule has 1 amide bonds. The van der Waals surface area contributed by atoms with Gasteiger partial charge in [-0.15, -0.1) is 0 Å². The van der Waals surface area contributed by atoms with Gasteiger partial charge in [-0.2, -0.15) is 0 Å². The van der Waals surface area contributed by atoms with Crippen molar-refractivity contribution < 1.29 is 4.79 Å². The smallest absolute Gasteiger partial charge is 0.256 e. The highest BCUT2D eigenvalue weighted by Gasteiger charge is 2.13. The minimum atomic E-state index is -0.134. The zero-order valence-corrected chi connectivity index (χ0v) is 9.81. The normalized spacial score (nSPS) is 12.7. The lowest BCUT2D eigenvalue weighted by Crippen LogP contribution is -2.12. The SMILES string of the molecule is O=C(Nc1ccccn1)c1ccc2c(c1)NCC2. The van der Waals surface area contributed by atoms with Crippen LogP contribution < -0.4 is 10.6 Å². The minimum absolute atomic E-state index is 0.134. The lowest BCUT2D eigenvalue weighted by Gasteiger charge is -2.06. The van der Waals surface area contributed by atoms with Gasteiger partial charge in [0.05, 0.1) is 0 Å². The van der Waals surface area contributed by atoms with Crippen molar-refractivity contribution in [1.82, 2.24) is 4.98 Å². The molecule has 2 N–H and O–H groups in total. The zero-order chi connectivity index (χ0) is 12.4. The number of benzene rings is 1. The number of nitrogens with one attached hydrogen (secondary N) is 2. The second-order valence-electron chi connectivity index (χ2n) is 4.22. The maximum Gasteiger partial charge on any atom is 0.256 e. The Labute approximate surface area is 105 Å². The molecule has 0 bridgehead atoms. The number of anilines is 2. The van der Waals surface area contributed by atoms with E-state index in [0.29, 0.717) is 11.4 Å². The Hall–Kier alpha value is -2.36. The molecule has 2 heterocycles. The van der Waals surface area contributed by atoms with Crippen LogP contribution in [0.3, 0.4) is 0 Å². The van der Waals surface area contributed by atoms with Crippen molar-refractivity contribution in [2.45, 2.75) is 6.42 Å². The fourth-order valence-corrected chi connectivity index (χ4v) is 2.06. The van der Waals surface area contributed by atoms with Crippen LogP contribution in [0.2, 0.25) is 0 Å². The number of carbonyl (C=O) groups is 1. The van der Waals surface area contributed by atoms with Gasteiger partial charge in [-0.05, 0) is 36.2 Å². The predicted molar refractivity (Wildman–Crippen MR) is 70.8 cm³/mol. The topological polar surface area (TPSA) is 54.0 Å². The van der Waals surface area contributed by atoms with Gasteiger partial charge in [0.2, 0.25) is 0 Å². The molecule has 1 aliphatic heterocycles. The van der Waals surface area contributed by atoms with Gasteiger partial charge < -0.3 is 10.6 Å². The first-order valence-corrected chi connectivity index (χ1v) is 5.92. The summed E-state index contributed by atoms with van der Waals surface area (Å²) in [5, 5.41) is 6.04. The van der Waals surface area contributed by atoms with Gasteiger partial charge in [-0.25, -0.2) is 4.98 Å². The monoisotopic (exact) mass is 239 g/mol. The number of hydrogen-bond donors (Lipinski definition) is 2. The van der Waals surface area contributed by atoms with E-state index in [2.05, 4.69) is 15.6 Å². The Morgan fingerprint density at radius 1 is 1.28 bits per heavy atom. The lowest BCUT2D eigenvalue weighted by molar-refractivity contribution is 0.102. The number of fused-ring (bicyclic) bond motifs is 1. The summed E-state index contributed by atoms with van der Waals surface area (Å²) < 4.78 is 0. The van der Waals surface area contributed by atoms with E-state index < -0.39 is 0 Å². The third-order valence-electron chi connectivity index (χ3n) is 2.99. The number of nitrogens with zero attached hydrogens (tertiary/aromatic N) is 1. The van der Waals surface area contributed by atoms with Crippen LogP contribution in [0.15, 0.2) is 42.6 Å². The first-order valence-electron chi connectivity index (χ1n) is 5.92. The molecule has 0 unspecified atom stereocenters. The van der Waals surface area contributed by atoms with Gasteiger partial charge in [0.1, 0.15) is 5.82 Å². The highest BCUT2D eigenvalue weighted by Crippen LogP contribution is 2.23. The molecule has 2 aromatic rings. The maximum absolute atomic E-state index is 12.0. The van der Waals surface area contributed by atoms with Crippen LogP contribution >= 0.6 is 0 Å². The quantitative estimate of drug-likeness (QED) is 0.845. The third-order valence-corrected chi connectivity index (χ3v) is 2.99. The van der Waals surface area contributed by atoms with Crippen molar-refractivity contribution in [3.63, 3.8) is 0 Å². The van der Waals surface area contributed by atoms with Crippen molar-refractivity contribution in [2.24, 2.45) is 0 Å². The highest BCUT2D eigenvalue weighted by molar-refractivity contribution is 6.04. The number of pyridine rings is 1. The molecule has 18 heavy (non-hydrogen) atoms. The molecular formula is C14H13N3O. The summed E-state index contributed by atoms with van der Waals surface area (Å²) in [7, 11) is 0. The van der Waals surface area contributed by atoms with Crippen LogP contribution in [0.25, 0.3) is 0 Å². The largest absolute Gasteiger partial charge is 0.384 e. The molecule has 0 fully saturated rings. The number of rotatable bonds is 2. The van der Waals surface area contributed by atoms with Gasteiger partial charge in [0.15, 0.2) is 0 Å². The fourth-order valence-electron chi connectivity index (χ4n) is 2.06. The zero-order valence-electron chi connectivity index (χ0n) is 9.81. The minimum Gasteiger partial charge on any atom is -0.384 e. The summed E-state index contributed by atoms with van der Waals surface area (Å²) in [6.45, 7) is 0.945. The first kappa shape index (κ1) is 10.8. The van der Waals surface area contributed by atoms with Crippen molar-refractivity contribution in [2.75, 3.05) is 17.2 Å². The van der Waals surface area contributed by atoms with Crippen LogP contribution in [0.1, 0.15) is 15.9 Å². The molecule has 4 nitrogen and oxygen atoms in total. The summed E-state index contributed by atoms with van der Waals surface area (Å²) in [5.74, 6) is 0.432. The molecule has 0 radical (unpaired) electrons. The summed E-state index contributed by atoms with van der Waals surface area (Å²) in [4.78, 5) is 16.1. The second kappa shape index (κ2) is 4.49. The Morgan fingerprint density at radius 3 is 3.06 bits per heavy atom. The van der Waals surface area contributed by atoms with Crippen LogP contribution in [-0.4, -0.2) is 17.4 Å². The van der Waals surface area contributed by atoms with Gasteiger partial charge >= 0.3 is 0 Å². The summed E-state index contributed by atoms with van der Waals surface area (Å²) in [6.07, 6.45) is 2.68. The van der Waals surface area contributed by atoms with Crippen LogP contribution in [-0.2, 0) is 6.42 Å². The van der Waals surface area contributed by atoms with E-state index in [4.69, 9.17) is 0 Å². The third kappa shape index (κ3) is 2.05. The highest BCUT2D eigenvalue weighted by atomic mass is 16.1. The first-order chi connectivity index (χ1) is 8.83. The average molecular weight is 239 g/mol. The Kier molecular flexibility index (Phi) is 2.68. The average Bonchev–Trinajstić information content (AvgIpc) is 2.87. The van der Waals surface area contributed by atoms with Gasteiger partial charge in [-0.3, -0.25) is 4.79 Å². The molecule has 1 aromatic heterocycles. The Balaban J connectivity index is 1.81. The molecule has 0 saturated carbocycles. The van der Waals surface area contributed by atoms with Crippen LogP contribution in [0, 0.1) is 0 Å². The van der Waals surface area contributed by atoms with E-state index in [-0.39, 0.29) is 5.91 Å². The number of carbonyl (C=O) groups excluding carboxylic acids is 1. The van der Waals surface area contributed by atoms with Crippen molar-refractivity contribution in [3.05, 3.63) is 53.7 Å². The summed E-state index contributed by atoms with van der Waals surface area (Å²) in [6, 6.07) is 11.2. The maximum atomic E-state index is 12.0. The fraction of sp³-hybridized carbons (Fsp3) is 0.143. The molecule has 1 aromatic carbocycles. The van der Waals surface area contributed by atoms with E-state index in [1.165, 1.54) is 5.56 Å². The predicted octanol–water partition coefficient (Wildman–Crippen LogP) is 2.30. The van der Waals surface area contributed by atoms with Crippen molar-refractivity contribution >= 4 is 17.4 Å². The molecule has 0 aliphatic carbocycles. The van der Waals surface area contributed by atoms with E-state index in [1.807, 2.05) is 30.3 Å². The molecule has 90 valence electrons. The molecule has 3 rings (SSSR count). The molecule has 0 spiro atoms. The summed E-state index contributed by atoms with van der Waals surface area (Å²) >= 11 is 0. The number of aromatic nitrogens is 1. The van der Waals surface area contributed by atoms with Crippen molar-refractivity contribution in [3.8, 4) is 0 Å². The van der Waals surface area contributed by atoms with Gasteiger partial charge in [0, 0.05) is 24.0 Å². The molecule has 0 atom stereocenters. The molecule has 4 heteroatoms. The van der Waals surface area contributed by atoms with E-state index in [1.54, 1.807) is 12.3 Å². The standard InChI is InChI=1S/C14H13N3O/c18-14(17-13-3-1-2-7-16-13)11-5-4-10-6-8-15-12(10)9-11/h1-5,7,9,15H,6,8H2,(H,16,17,18). The van der Waals surface area contributed by atoms with Crippen molar-refractivity contribution in [1.29, 1.82) is 0 Å². The number of amides is 1. The second-order valence-corrected chi connectivity index (χ2v) is 4.22. The van der Waals surface area contributed by atoms with Crippen LogP contribution in [0.5, 0.6) is 0 Å². The molecular weight excluding hydrogens is 226 g/mol. The summed E-state index contributed by atoms with van der Waals surface area (Å²) in [5.41, 5.74) is 2.97. The van der Waals surface area contributed by atoms with E-state index in [9.17, 15) is 4.79 Å². The van der Waals surface area contributed by atoms with Gasteiger partial charge in [0.25, 0.3) is 5.91 Å². The lowest BCUT2D eigenvalue weighted by atomic mass is 10.1. The van der Waals surface area contributed by atoms with E-state index >= 15 is 0 Å². The molecule has 0 saturated heterocycles. The van der Waals surface area contributed by atoms with Gasteiger partial charge in [-0.1, -0.05) is 12.1 Å². The van der Waals surface area contributed by atoms with Crippen LogP contribution in [0.4, 0.5) is 11.5 Å².